The number of hydrogen-bond donors (Lipinski definition) is 1. The zero-order valence-electron chi connectivity index (χ0n) is 12.4. The van der Waals surface area contributed by atoms with Gasteiger partial charge in [-0.1, -0.05) is 37.2 Å². The first kappa shape index (κ1) is 15.9. The number of aliphatic hydroxyl groups excluding tert-OH is 1. The van der Waals surface area contributed by atoms with E-state index in [2.05, 4.69) is 29.3 Å². The van der Waals surface area contributed by atoms with Crippen LogP contribution in [0.25, 0.3) is 0 Å². The van der Waals surface area contributed by atoms with Gasteiger partial charge in [-0.3, -0.25) is 0 Å². The fourth-order valence-electron chi connectivity index (χ4n) is 1.86. The van der Waals surface area contributed by atoms with Crippen LogP contribution in [0.3, 0.4) is 0 Å². The predicted octanol–water partition coefficient (Wildman–Crippen LogP) is 2.30. The lowest BCUT2D eigenvalue weighted by molar-refractivity contribution is 0.126. The second kappa shape index (κ2) is 8.05. The van der Waals surface area contributed by atoms with E-state index in [0.717, 1.165) is 23.7 Å². The molecular formula is C15H21N3O2S. The average Bonchev–Trinajstić information content (AvgIpc) is 2.90. The third kappa shape index (κ3) is 5.06. The third-order valence-corrected chi connectivity index (χ3v) is 4.16. The van der Waals surface area contributed by atoms with Crippen molar-refractivity contribution in [1.82, 2.24) is 14.8 Å². The summed E-state index contributed by atoms with van der Waals surface area (Å²) < 4.78 is 7.42. The molecule has 2 rings (SSSR count). The van der Waals surface area contributed by atoms with Gasteiger partial charge in [-0.05, 0) is 24.1 Å². The molecule has 1 atom stereocenters. The number of thioether (sulfide) groups is 1. The van der Waals surface area contributed by atoms with Gasteiger partial charge in [0.05, 0.1) is 6.10 Å². The van der Waals surface area contributed by atoms with Gasteiger partial charge < -0.3 is 14.4 Å². The van der Waals surface area contributed by atoms with Crippen molar-refractivity contribution in [3.05, 3.63) is 36.2 Å². The minimum Gasteiger partial charge on any atom is -0.491 e. The van der Waals surface area contributed by atoms with Gasteiger partial charge in [0, 0.05) is 12.8 Å². The van der Waals surface area contributed by atoms with Crippen LogP contribution in [0.15, 0.2) is 35.7 Å². The second-order valence-electron chi connectivity index (χ2n) is 4.89. The molecule has 1 heterocycles. The van der Waals surface area contributed by atoms with Crippen LogP contribution in [-0.4, -0.2) is 38.3 Å². The van der Waals surface area contributed by atoms with Crippen LogP contribution in [0, 0.1) is 0 Å². The Morgan fingerprint density at radius 3 is 2.71 bits per heavy atom. The molecule has 0 amide bonds. The van der Waals surface area contributed by atoms with E-state index >= 15 is 0 Å². The highest BCUT2D eigenvalue weighted by Gasteiger charge is 2.09. The molecule has 1 aromatic heterocycles. The Bertz CT molecular complexity index is 542. The van der Waals surface area contributed by atoms with Crippen LogP contribution < -0.4 is 4.74 Å². The molecule has 1 N–H and O–H groups in total. The lowest BCUT2D eigenvalue weighted by Crippen LogP contribution is -2.20. The number of aromatic nitrogens is 3. The third-order valence-electron chi connectivity index (χ3n) is 2.98. The van der Waals surface area contributed by atoms with Gasteiger partial charge in [-0.15, -0.1) is 10.2 Å². The summed E-state index contributed by atoms with van der Waals surface area (Å²) in [5, 5.41) is 18.5. The molecule has 0 saturated carbocycles. The first-order chi connectivity index (χ1) is 10.2. The van der Waals surface area contributed by atoms with Crippen molar-refractivity contribution < 1.29 is 9.84 Å². The summed E-state index contributed by atoms with van der Waals surface area (Å²) in [5.41, 5.74) is 1.31. The van der Waals surface area contributed by atoms with E-state index in [-0.39, 0.29) is 6.61 Å². The van der Waals surface area contributed by atoms with Crippen molar-refractivity contribution in [1.29, 1.82) is 0 Å². The van der Waals surface area contributed by atoms with E-state index in [1.165, 1.54) is 17.3 Å². The zero-order valence-corrected chi connectivity index (χ0v) is 13.2. The molecule has 0 aliphatic carbocycles. The van der Waals surface area contributed by atoms with Gasteiger partial charge in [-0.25, -0.2) is 0 Å². The minimum atomic E-state index is -0.540. The second-order valence-corrected chi connectivity index (χ2v) is 5.88. The minimum absolute atomic E-state index is 0.276. The Labute approximate surface area is 129 Å². The van der Waals surface area contributed by atoms with Gasteiger partial charge in [-0.2, -0.15) is 0 Å². The zero-order chi connectivity index (χ0) is 15.1. The van der Waals surface area contributed by atoms with Crippen LogP contribution in [0.1, 0.15) is 18.9 Å². The maximum atomic E-state index is 9.94. The van der Waals surface area contributed by atoms with Gasteiger partial charge in [0.15, 0.2) is 5.16 Å². The lowest BCUT2D eigenvalue weighted by Gasteiger charge is -2.12. The maximum absolute atomic E-state index is 9.94. The molecule has 0 aliphatic rings. The van der Waals surface area contributed by atoms with Gasteiger partial charge >= 0.3 is 0 Å². The summed E-state index contributed by atoms with van der Waals surface area (Å²) in [6, 6.07) is 8.04. The summed E-state index contributed by atoms with van der Waals surface area (Å²) >= 11 is 1.47. The topological polar surface area (TPSA) is 60.2 Å². The van der Waals surface area contributed by atoms with Gasteiger partial charge in [0.25, 0.3) is 0 Å². The smallest absolute Gasteiger partial charge is 0.190 e. The first-order valence-corrected chi connectivity index (χ1v) is 8.04. The Hall–Kier alpha value is -1.53. The molecule has 6 heteroatoms. The molecule has 0 spiro atoms. The van der Waals surface area contributed by atoms with Crippen LogP contribution in [0.2, 0.25) is 0 Å². The lowest BCUT2D eigenvalue weighted by atomic mass is 10.1. The van der Waals surface area contributed by atoms with E-state index in [4.69, 9.17) is 4.74 Å². The fourth-order valence-corrected chi connectivity index (χ4v) is 2.65. The normalized spacial score (nSPS) is 12.3. The molecule has 0 fully saturated rings. The van der Waals surface area contributed by atoms with Crippen LogP contribution in [-0.2, 0) is 13.5 Å². The quantitative estimate of drug-likeness (QED) is 0.758. The number of aryl methyl sites for hydroxylation is 2. The van der Waals surface area contributed by atoms with E-state index in [1.54, 1.807) is 6.33 Å². The summed E-state index contributed by atoms with van der Waals surface area (Å²) in [6.45, 7) is 2.44. The molecule has 1 aromatic carbocycles. The molecule has 21 heavy (non-hydrogen) atoms. The van der Waals surface area contributed by atoms with Crippen molar-refractivity contribution in [2.45, 2.75) is 31.0 Å². The van der Waals surface area contributed by atoms with Crippen molar-refractivity contribution in [3.8, 4) is 5.75 Å². The highest BCUT2D eigenvalue weighted by Crippen LogP contribution is 2.16. The standard InChI is InChI=1S/C15H21N3O2S/c1-3-4-12-5-7-14(8-6-12)20-9-13(19)10-21-15-17-16-11-18(15)2/h5-8,11,13,19H,3-4,9-10H2,1-2H3. The Morgan fingerprint density at radius 2 is 2.10 bits per heavy atom. The first-order valence-electron chi connectivity index (χ1n) is 7.05. The summed E-state index contributed by atoms with van der Waals surface area (Å²) in [6.07, 6.45) is 3.32. The summed E-state index contributed by atoms with van der Waals surface area (Å²) in [4.78, 5) is 0. The predicted molar refractivity (Wildman–Crippen MR) is 83.7 cm³/mol. The van der Waals surface area contributed by atoms with Crippen molar-refractivity contribution in [3.63, 3.8) is 0 Å². The molecule has 0 bridgehead atoms. The maximum Gasteiger partial charge on any atom is 0.190 e. The molecule has 0 radical (unpaired) electrons. The van der Waals surface area contributed by atoms with Gasteiger partial charge in [0.2, 0.25) is 0 Å². The summed E-state index contributed by atoms with van der Waals surface area (Å²) in [5.74, 6) is 1.32. The van der Waals surface area contributed by atoms with Crippen molar-refractivity contribution >= 4 is 11.8 Å². The molecule has 0 aliphatic heterocycles. The molecule has 0 saturated heterocycles. The molecule has 5 nitrogen and oxygen atoms in total. The number of nitrogens with zero attached hydrogens (tertiary/aromatic N) is 3. The molecule has 114 valence electrons. The van der Waals surface area contributed by atoms with E-state index in [0.29, 0.717) is 5.75 Å². The van der Waals surface area contributed by atoms with Crippen molar-refractivity contribution in [2.75, 3.05) is 12.4 Å². The number of hydrogen-bond acceptors (Lipinski definition) is 5. The summed E-state index contributed by atoms with van der Waals surface area (Å²) in [7, 11) is 1.88. The molecular weight excluding hydrogens is 286 g/mol. The number of ether oxygens (including phenoxy) is 1. The van der Waals surface area contributed by atoms with E-state index < -0.39 is 6.10 Å². The van der Waals surface area contributed by atoms with Crippen LogP contribution >= 0.6 is 11.8 Å². The monoisotopic (exact) mass is 307 g/mol. The number of rotatable bonds is 8. The average molecular weight is 307 g/mol. The SMILES string of the molecule is CCCc1ccc(OCC(O)CSc2nncn2C)cc1. The Kier molecular flexibility index (Phi) is 6.07. The Balaban J connectivity index is 1.73. The van der Waals surface area contributed by atoms with Gasteiger partial charge in [0.1, 0.15) is 18.7 Å². The van der Waals surface area contributed by atoms with E-state index in [1.807, 2.05) is 23.7 Å². The highest BCUT2D eigenvalue weighted by molar-refractivity contribution is 7.99. The largest absolute Gasteiger partial charge is 0.491 e. The highest BCUT2D eigenvalue weighted by atomic mass is 32.2. The number of aliphatic hydroxyl groups is 1. The Morgan fingerprint density at radius 1 is 1.33 bits per heavy atom. The van der Waals surface area contributed by atoms with Crippen LogP contribution in [0.4, 0.5) is 0 Å². The van der Waals surface area contributed by atoms with Crippen LogP contribution in [0.5, 0.6) is 5.75 Å². The fraction of sp³-hybridized carbons (Fsp3) is 0.467. The molecule has 1 unspecified atom stereocenters. The van der Waals surface area contributed by atoms with E-state index in [9.17, 15) is 5.11 Å². The number of benzene rings is 1. The molecule has 2 aromatic rings. The van der Waals surface area contributed by atoms with Crippen molar-refractivity contribution in [2.24, 2.45) is 7.05 Å².